The second-order valence-electron chi connectivity index (χ2n) is 5.85. The van der Waals surface area contributed by atoms with E-state index >= 15 is 0 Å². The Bertz CT molecular complexity index is 772. The van der Waals surface area contributed by atoms with Crippen molar-refractivity contribution in [3.05, 3.63) is 41.3 Å². The van der Waals surface area contributed by atoms with Crippen molar-refractivity contribution in [2.75, 3.05) is 16.8 Å². The predicted octanol–water partition coefficient (Wildman–Crippen LogP) is 2.08. The molecule has 0 bridgehead atoms. The zero-order valence-electron chi connectivity index (χ0n) is 12.2. The summed E-state index contributed by atoms with van der Waals surface area (Å²) in [6.45, 7) is 2.50. The summed E-state index contributed by atoms with van der Waals surface area (Å²) in [5.41, 5.74) is 0.526. The van der Waals surface area contributed by atoms with Gasteiger partial charge in [-0.05, 0) is 25.5 Å². The Kier molecular flexibility index (Phi) is 3.86. The monoisotopic (exact) mass is 340 g/mol. The standard InChI is InChI=1S/C14H17ClN4O2S/c1-14(4-5-22(20,21)10-14)19-9-11(7-18-19)6-16-13-3-2-12(15)8-17-13/h2-3,7-9H,4-6,10H2,1H3,(H,16,17)/t14-/m1/s1. The van der Waals surface area contributed by atoms with Gasteiger partial charge in [-0.3, -0.25) is 4.68 Å². The SMILES string of the molecule is C[C@@]1(n2cc(CNc3ccc(Cl)cn3)cn2)CCS(=O)(=O)C1. The number of rotatable bonds is 4. The Balaban J connectivity index is 1.68. The lowest BCUT2D eigenvalue weighted by Crippen LogP contribution is -2.31. The average Bonchev–Trinajstić information content (AvgIpc) is 3.04. The number of nitrogens with one attached hydrogen (secondary N) is 1. The van der Waals surface area contributed by atoms with Gasteiger partial charge in [0.25, 0.3) is 0 Å². The van der Waals surface area contributed by atoms with Gasteiger partial charge in [-0.2, -0.15) is 5.10 Å². The van der Waals surface area contributed by atoms with Gasteiger partial charge in [-0.25, -0.2) is 13.4 Å². The molecule has 3 heterocycles. The van der Waals surface area contributed by atoms with Crippen LogP contribution in [0, 0.1) is 0 Å². The molecule has 1 saturated heterocycles. The van der Waals surface area contributed by atoms with Gasteiger partial charge < -0.3 is 5.32 Å². The summed E-state index contributed by atoms with van der Waals surface area (Å²) in [7, 11) is -2.95. The Morgan fingerprint density at radius 3 is 2.86 bits per heavy atom. The van der Waals surface area contributed by atoms with E-state index in [0.29, 0.717) is 18.0 Å². The topological polar surface area (TPSA) is 76.9 Å². The first-order valence-corrected chi connectivity index (χ1v) is 9.16. The highest BCUT2D eigenvalue weighted by atomic mass is 35.5. The summed E-state index contributed by atoms with van der Waals surface area (Å²) < 4.78 is 25.2. The fraction of sp³-hybridized carbons (Fsp3) is 0.429. The van der Waals surface area contributed by atoms with Crippen molar-refractivity contribution in [3.63, 3.8) is 0 Å². The van der Waals surface area contributed by atoms with Crippen LogP contribution < -0.4 is 5.32 Å². The molecule has 8 heteroatoms. The smallest absolute Gasteiger partial charge is 0.152 e. The van der Waals surface area contributed by atoms with E-state index in [0.717, 1.165) is 11.4 Å². The van der Waals surface area contributed by atoms with Crippen LogP contribution in [-0.2, 0) is 21.9 Å². The fourth-order valence-corrected chi connectivity index (χ4v) is 4.82. The summed E-state index contributed by atoms with van der Waals surface area (Å²) in [6.07, 6.45) is 5.82. The number of sulfone groups is 1. The Hall–Kier alpha value is -1.60. The van der Waals surface area contributed by atoms with Crippen molar-refractivity contribution in [1.82, 2.24) is 14.8 Å². The van der Waals surface area contributed by atoms with Gasteiger partial charge in [-0.1, -0.05) is 11.6 Å². The van der Waals surface area contributed by atoms with Gasteiger partial charge in [0, 0.05) is 24.5 Å². The van der Waals surface area contributed by atoms with Crippen LogP contribution in [0.15, 0.2) is 30.7 Å². The van der Waals surface area contributed by atoms with E-state index in [2.05, 4.69) is 15.4 Å². The maximum atomic E-state index is 11.7. The molecule has 1 aliphatic rings. The molecule has 0 saturated carbocycles. The van der Waals surface area contributed by atoms with Crippen molar-refractivity contribution in [2.24, 2.45) is 0 Å². The lowest BCUT2D eigenvalue weighted by molar-refractivity contribution is 0.328. The molecule has 0 radical (unpaired) electrons. The lowest BCUT2D eigenvalue weighted by Gasteiger charge is -2.22. The van der Waals surface area contributed by atoms with Crippen LogP contribution >= 0.6 is 11.6 Å². The summed E-state index contributed by atoms with van der Waals surface area (Å²) in [4.78, 5) is 4.16. The molecule has 1 fully saturated rings. The van der Waals surface area contributed by atoms with Gasteiger partial charge in [-0.15, -0.1) is 0 Å². The summed E-state index contributed by atoms with van der Waals surface area (Å²) in [6, 6.07) is 3.57. The van der Waals surface area contributed by atoms with Gasteiger partial charge >= 0.3 is 0 Å². The largest absolute Gasteiger partial charge is 0.366 e. The van der Waals surface area contributed by atoms with Crippen molar-refractivity contribution in [1.29, 1.82) is 0 Å². The summed E-state index contributed by atoms with van der Waals surface area (Å²) in [5, 5.41) is 8.10. The van der Waals surface area contributed by atoms with Gasteiger partial charge in [0.15, 0.2) is 9.84 Å². The normalized spacial score (nSPS) is 23.5. The molecule has 3 rings (SSSR count). The fourth-order valence-electron chi connectivity index (χ4n) is 2.59. The summed E-state index contributed by atoms with van der Waals surface area (Å²) in [5.74, 6) is 1.10. The first-order chi connectivity index (χ1) is 10.4. The third-order valence-corrected chi connectivity index (χ3v) is 5.98. The number of nitrogens with zero attached hydrogens (tertiary/aromatic N) is 3. The highest BCUT2D eigenvalue weighted by molar-refractivity contribution is 7.91. The van der Waals surface area contributed by atoms with E-state index in [1.54, 1.807) is 29.2 Å². The molecule has 2 aromatic rings. The molecule has 2 aromatic heterocycles. The molecular formula is C14H17ClN4O2S. The average molecular weight is 341 g/mol. The van der Waals surface area contributed by atoms with Crippen LogP contribution in [0.5, 0.6) is 0 Å². The minimum absolute atomic E-state index is 0.146. The van der Waals surface area contributed by atoms with Crippen molar-refractivity contribution >= 4 is 27.3 Å². The van der Waals surface area contributed by atoms with E-state index in [1.165, 1.54) is 0 Å². The zero-order valence-corrected chi connectivity index (χ0v) is 13.7. The Labute approximate surface area is 134 Å². The third kappa shape index (κ3) is 3.25. The van der Waals surface area contributed by atoms with E-state index in [4.69, 9.17) is 11.6 Å². The van der Waals surface area contributed by atoms with E-state index in [-0.39, 0.29) is 11.5 Å². The minimum Gasteiger partial charge on any atom is -0.366 e. The molecule has 1 atom stereocenters. The van der Waals surface area contributed by atoms with Crippen LogP contribution in [0.25, 0.3) is 0 Å². The number of halogens is 1. The maximum absolute atomic E-state index is 11.7. The van der Waals surface area contributed by atoms with Crippen molar-refractivity contribution < 1.29 is 8.42 Å². The van der Waals surface area contributed by atoms with Crippen LogP contribution in [0.2, 0.25) is 5.02 Å². The molecule has 118 valence electrons. The highest BCUT2D eigenvalue weighted by Crippen LogP contribution is 2.30. The van der Waals surface area contributed by atoms with Gasteiger partial charge in [0.2, 0.25) is 0 Å². The number of hydrogen-bond donors (Lipinski definition) is 1. The molecule has 1 N–H and O–H groups in total. The molecule has 0 amide bonds. The number of aromatic nitrogens is 3. The number of hydrogen-bond acceptors (Lipinski definition) is 5. The van der Waals surface area contributed by atoms with Gasteiger partial charge in [0.1, 0.15) is 5.82 Å². The van der Waals surface area contributed by atoms with Crippen molar-refractivity contribution in [3.8, 4) is 0 Å². The zero-order chi connectivity index (χ0) is 15.8. The molecule has 0 aliphatic carbocycles. The minimum atomic E-state index is -2.95. The van der Waals surface area contributed by atoms with E-state index in [9.17, 15) is 8.42 Å². The molecular weight excluding hydrogens is 324 g/mol. The molecule has 1 aliphatic heterocycles. The molecule has 22 heavy (non-hydrogen) atoms. The molecule has 6 nitrogen and oxygen atoms in total. The Morgan fingerprint density at radius 2 is 2.23 bits per heavy atom. The second-order valence-corrected chi connectivity index (χ2v) is 8.47. The first-order valence-electron chi connectivity index (χ1n) is 6.96. The predicted molar refractivity (Wildman–Crippen MR) is 85.7 cm³/mol. The molecule has 0 aromatic carbocycles. The first kappa shape index (κ1) is 15.3. The summed E-state index contributed by atoms with van der Waals surface area (Å²) >= 11 is 5.79. The van der Waals surface area contributed by atoms with Gasteiger partial charge in [0.05, 0.1) is 28.3 Å². The molecule has 0 spiro atoms. The quantitative estimate of drug-likeness (QED) is 0.922. The third-order valence-electron chi connectivity index (χ3n) is 3.87. The lowest BCUT2D eigenvalue weighted by atomic mass is 10.0. The van der Waals surface area contributed by atoms with Crippen LogP contribution in [0.4, 0.5) is 5.82 Å². The van der Waals surface area contributed by atoms with E-state index < -0.39 is 15.4 Å². The Morgan fingerprint density at radius 1 is 1.41 bits per heavy atom. The van der Waals surface area contributed by atoms with Crippen LogP contribution in [0.1, 0.15) is 18.9 Å². The van der Waals surface area contributed by atoms with Crippen molar-refractivity contribution in [2.45, 2.75) is 25.4 Å². The maximum Gasteiger partial charge on any atom is 0.152 e. The second kappa shape index (κ2) is 5.55. The number of pyridine rings is 1. The van der Waals surface area contributed by atoms with Crippen LogP contribution in [0.3, 0.4) is 0 Å². The molecule has 0 unspecified atom stereocenters. The number of anilines is 1. The highest BCUT2D eigenvalue weighted by Gasteiger charge is 2.40. The van der Waals surface area contributed by atoms with E-state index in [1.807, 2.05) is 13.1 Å². The van der Waals surface area contributed by atoms with Crippen LogP contribution in [-0.4, -0.2) is 34.7 Å².